The first-order valence-corrected chi connectivity index (χ1v) is 8.05. The van der Waals surface area contributed by atoms with Crippen LogP contribution in [0.2, 0.25) is 0 Å². The maximum atomic E-state index is 12.6. The fourth-order valence-electron chi connectivity index (χ4n) is 2.97. The minimum atomic E-state index is -0.505. The second kappa shape index (κ2) is 6.00. The summed E-state index contributed by atoms with van der Waals surface area (Å²) in [4.78, 5) is 26.6. The van der Waals surface area contributed by atoms with Crippen LogP contribution in [-0.2, 0) is 4.79 Å². The highest BCUT2D eigenvalue weighted by molar-refractivity contribution is 5.80. The molecule has 21 heavy (non-hydrogen) atoms. The summed E-state index contributed by atoms with van der Waals surface area (Å²) < 4.78 is 1.38. The van der Waals surface area contributed by atoms with Gasteiger partial charge < -0.3 is 4.90 Å². The van der Waals surface area contributed by atoms with Gasteiger partial charge in [-0.05, 0) is 38.7 Å². The van der Waals surface area contributed by atoms with Gasteiger partial charge in [-0.25, -0.2) is 4.68 Å². The first-order valence-electron chi connectivity index (χ1n) is 8.05. The summed E-state index contributed by atoms with van der Waals surface area (Å²) >= 11 is 0. The van der Waals surface area contributed by atoms with Crippen LogP contribution < -0.4 is 5.56 Å². The topological polar surface area (TPSA) is 55.2 Å². The average molecular weight is 289 g/mol. The molecule has 1 aliphatic carbocycles. The number of hydrogen-bond donors (Lipinski definition) is 0. The number of hydrogen-bond acceptors (Lipinski definition) is 3. The van der Waals surface area contributed by atoms with E-state index in [-0.39, 0.29) is 11.5 Å². The lowest BCUT2D eigenvalue weighted by Crippen LogP contribution is -2.40. The van der Waals surface area contributed by atoms with Crippen LogP contribution >= 0.6 is 0 Å². The third-order valence-electron chi connectivity index (χ3n) is 4.48. The Morgan fingerprint density at radius 3 is 2.48 bits per heavy atom. The number of likely N-dealkylation sites (tertiary alicyclic amines) is 1. The third-order valence-corrected chi connectivity index (χ3v) is 4.48. The van der Waals surface area contributed by atoms with Gasteiger partial charge in [-0.2, -0.15) is 5.10 Å². The van der Waals surface area contributed by atoms with E-state index in [2.05, 4.69) is 5.10 Å². The van der Waals surface area contributed by atoms with Crippen molar-refractivity contribution in [3.8, 4) is 0 Å². The molecule has 2 heterocycles. The van der Waals surface area contributed by atoms with Crippen LogP contribution in [0, 0.1) is 0 Å². The molecular weight excluding hydrogens is 266 g/mol. The molecule has 114 valence electrons. The Bertz CT molecular complexity index is 569. The second-order valence-corrected chi connectivity index (χ2v) is 6.23. The molecule has 1 aliphatic heterocycles. The SMILES string of the molecule is CC(C(=O)N1CCCCCC1)n1nc(C2CC2)ccc1=O. The Morgan fingerprint density at radius 2 is 1.86 bits per heavy atom. The standard InChI is InChI=1S/C16H23N3O2/c1-12(16(21)18-10-4-2-3-5-11-18)19-15(20)9-8-14(17-19)13-6-7-13/h8-9,12-13H,2-7,10-11H2,1H3. The van der Waals surface area contributed by atoms with Crippen molar-refractivity contribution in [3.05, 3.63) is 28.2 Å². The zero-order valence-electron chi connectivity index (χ0n) is 12.6. The van der Waals surface area contributed by atoms with Crippen LogP contribution in [0.5, 0.6) is 0 Å². The molecule has 0 aromatic carbocycles. The predicted octanol–water partition coefficient (Wildman–Crippen LogP) is 2.08. The summed E-state index contributed by atoms with van der Waals surface area (Å²) in [5.41, 5.74) is 0.764. The van der Waals surface area contributed by atoms with Crippen LogP contribution in [0.25, 0.3) is 0 Å². The van der Waals surface area contributed by atoms with Crippen LogP contribution in [0.15, 0.2) is 16.9 Å². The quantitative estimate of drug-likeness (QED) is 0.856. The molecule has 2 fully saturated rings. The van der Waals surface area contributed by atoms with E-state index in [0.717, 1.165) is 44.5 Å². The molecule has 1 amide bonds. The molecule has 5 heteroatoms. The van der Waals surface area contributed by atoms with Crippen molar-refractivity contribution >= 4 is 5.91 Å². The summed E-state index contributed by atoms with van der Waals surface area (Å²) in [6.45, 7) is 3.40. The molecule has 1 unspecified atom stereocenters. The van der Waals surface area contributed by atoms with Gasteiger partial charge in [0.05, 0.1) is 5.69 Å². The second-order valence-electron chi connectivity index (χ2n) is 6.23. The number of carbonyl (C=O) groups excluding carboxylic acids is 1. The zero-order chi connectivity index (χ0) is 14.8. The summed E-state index contributed by atoms with van der Waals surface area (Å²) in [5, 5.41) is 4.43. The van der Waals surface area contributed by atoms with Crippen molar-refractivity contribution in [2.75, 3.05) is 13.1 Å². The summed E-state index contributed by atoms with van der Waals surface area (Å²) in [7, 11) is 0. The van der Waals surface area contributed by atoms with Crippen LogP contribution in [0.3, 0.4) is 0 Å². The molecule has 1 atom stereocenters. The molecule has 1 aromatic heterocycles. The van der Waals surface area contributed by atoms with Crippen LogP contribution in [-0.4, -0.2) is 33.7 Å². The maximum absolute atomic E-state index is 12.6. The van der Waals surface area contributed by atoms with E-state index < -0.39 is 6.04 Å². The Balaban J connectivity index is 1.79. The van der Waals surface area contributed by atoms with Gasteiger partial charge in [-0.15, -0.1) is 0 Å². The van der Waals surface area contributed by atoms with Crippen molar-refractivity contribution < 1.29 is 4.79 Å². The van der Waals surface area contributed by atoms with Crippen molar-refractivity contribution in [2.24, 2.45) is 0 Å². The largest absolute Gasteiger partial charge is 0.341 e. The van der Waals surface area contributed by atoms with Crippen molar-refractivity contribution in [1.82, 2.24) is 14.7 Å². The number of nitrogens with zero attached hydrogens (tertiary/aromatic N) is 3. The van der Waals surface area contributed by atoms with Gasteiger partial charge in [-0.1, -0.05) is 12.8 Å². The lowest BCUT2D eigenvalue weighted by molar-refractivity contribution is -0.134. The fraction of sp³-hybridized carbons (Fsp3) is 0.688. The molecule has 1 aromatic rings. The number of carbonyl (C=O) groups is 1. The number of aromatic nitrogens is 2. The molecular formula is C16H23N3O2. The van der Waals surface area contributed by atoms with Gasteiger partial charge in [-0.3, -0.25) is 9.59 Å². The molecule has 1 saturated heterocycles. The summed E-state index contributed by atoms with van der Waals surface area (Å²) in [5.74, 6) is 0.511. The van der Waals surface area contributed by atoms with E-state index >= 15 is 0 Å². The summed E-state index contributed by atoms with van der Waals surface area (Å²) in [6.07, 6.45) is 6.77. The highest BCUT2D eigenvalue weighted by atomic mass is 16.2. The van der Waals surface area contributed by atoms with Crippen molar-refractivity contribution in [2.45, 2.75) is 57.4 Å². The highest BCUT2D eigenvalue weighted by Gasteiger charge is 2.28. The average Bonchev–Trinajstić information content (AvgIpc) is 3.32. The van der Waals surface area contributed by atoms with Crippen molar-refractivity contribution in [3.63, 3.8) is 0 Å². The van der Waals surface area contributed by atoms with E-state index in [1.165, 1.54) is 17.5 Å². The number of amides is 1. The minimum absolute atomic E-state index is 0.0273. The lowest BCUT2D eigenvalue weighted by atomic mass is 10.2. The van der Waals surface area contributed by atoms with Crippen molar-refractivity contribution in [1.29, 1.82) is 0 Å². The molecule has 2 aliphatic rings. The van der Waals surface area contributed by atoms with E-state index in [1.807, 2.05) is 4.90 Å². The van der Waals surface area contributed by atoms with Crippen LogP contribution in [0.1, 0.15) is 63.1 Å². The first kappa shape index (κ1) is 14.3. The van der Waals surface area contributed by atoms with E-state index in [9.17, 15) is 9.59 Å². The molecule has 1 saturated carbocycles. The Labute approximate surface area is 124 Å². The van der Waals surface area contributed by atoms with Gasteiger partial charge in [0.1, 0.15) is 6.04 Å². The molecule has 0 bridgehead atoms. The van der Waals surface area contributed by atoms with E-state index in [0.29, 0.717) is 5.92 Å². The fourth-order valence-corrected chi connectivity index (χ4v) is 2.97. The normalized spacial score (nSPS) is 20.9. The first-order chi connectivity index (χ1) is 10.2. The van der Waals surface area contributed by atoms with Gasteiger partial charge >= 0.3 is 0 Å². The van der Waals surface area contributed by atoms with E-state index in [1.54, 1.807) is 19.1 Å². The minimum Gasteiger partial charge on any atom is -0.341 e. The van der Waals surface area contributed by atoms with Gasteiger partial charge in [0.15, 0.2) is 0 Å². The monoisotopic (exact) mass is 289 g/mol. The third kappa shape index (κ3) is 3.17. The molecule has 0 radical (unpaired) electrons. The molecule has 0 N–H and O–H groups in total. The van der Waals surface area contributed by atoms with Gasteiger partial charge in [0, 0.05) is 25.1 Å². The number of rotatable bonds is 3. The highest BCUT2D eigenvalue weighted by Crippen LogP contribution is 2.38. The Morgan fingerprint density at radius 1 is 1.19 bits per heavy atom. The van der Waals surface area contributed by atoms with Gasteiger partial charge in [0.25, 0.3) is 5.56 Å². The lowest BCUT2D eigenvalue weighted by Gasteiger charge is -2.24. The Hall–Kier alpha value is -1.65. The Kier molecular flexibility index (Phi) is 4.08. The molecule has 0 spiro atoms. The smallest absolute Gasteiger partial charge is 0.267 e. The zero-order valence-corrected chi connectivity index (χ0v) is 12.6. The summed E-state index contributed by atoms with van der Waals surface area (Å²) in [6, 6.07) is 2.85. The van der Waals surface area contributed by atoms with Crippen LogP contribution in [0.4, 0.5) is 0 Å². The predicted molar refractivity (Wildman–Crippen MR) is 80.2 cm³/mol. The van der Waals surface area contributed by atoms with Gasteiger partial charge in [0.2, 0.25) is 5.91 Å². The molecule has 3 rings (SSSR count). The maximum Gasteiger partial charge on any atom is 0.267 e. The molecule has 5 nitrogen and oxygen atoms in total. The van der Waals surface area contributed by atoms with E-state index in [4.69, 9.17) is 0 Å².